The van der Waals surface area contributed by atoms with Crippen molar-refractivity contribution in [3.8, 4) is 36.2 Å². The molecule has 0 heterocycles. The molecule has 0 aliphatic carbocycles. The number of aliphatic carboxylic acids is 1. The van der Waals surface area contributed by atoms with Crippen molar-refractivity contribution in [3.63, 3.8) is 0 Å². The molecular formula is C34H34O7. The van der Waals surface area contributed by atoms with E-state index in [1.165, 1.54) is 0 Å². The van der Waals surface area contributed by atoms with Crippen LogP contribution in [0.3, 0.4) is 0 Å². The van der Waals surface area contributed by atoms with E-state index in [-0.39, 0.29) is 38.9 Å². The second kappa shape index (κ2) is 14.6. The summed E-state index contributed by atoms with van der Waals surface area (Å²) in [6.45, 7) is -0.101. The van der Waals surface area contributed by atoms with Crippen molar-refractivity contribution >= 4 is 11.9 Å². The predicted molar refractivity (Wildman–Crippen MR) is 155 cm³/mol. The minimum absolute atomic E-state index is 0.0283. The molecule has 7 heteroatoms. The van der Waals surface area contributed by atoms with Gasteiger partial charge in [-0.2, -0.15) is 0 Å². The molecule has 0 spiro atoms. The summed E-state index contributed by atoms with van der Waals surface area (Å²) in [7, 11) is 3.20. The number of carboxylic acids is 1. The normalized spacial score (nSPS) is 11.1. The van der Waals surface area contributed by atoms with E-state index in [0.29, 0.717) is 11.5 Å². The van der Waals surface area contributed by atoms with Crippen LogP contribution in [0, 0.1) is 30.1 Å². The largest absolute Gasteiger partial charge is 0.497 e. The van der Waals surface area contributed by atoms with Crippen LogP contribution in [0.15, 0.2) is 78.9 Å². The number of terminal acetylenes is 2. The highest BCUT2D eigenvalue weighted by atomic mass is 16.5. The van der Waals surface area contributed by atoms with E-state index in [1.54, 1.807) is 14.2 Å². The lowest BCUT2D eigenvalue weighted by molar-refractivity contribution is -0.152. The van der Waals surface area contributed by atoms with Gasteiger partial charge in [-0.3, -0.25) is 9.59 Å². The molecule has 0 atom stereocenters. The maximum atomic E-state index is 12.3. The third kappa shape index (κ3) is 7.69. The van der Waals surface area contributed by atoms with Crippen molar-refractivity contribution in [1.29, 1.82) is 0 Å². The summed E-state index contributed by atoms with van der Waals surface area (Å²) in [5.74, 6) is 4.96. The summed E-state index contributed by atoms with van der Waals surface area (Å²) >= 11 is 0. The van der Waals surface area contributed by atoms with Crippen LogP contribution in [-0.2, 0) is 24.7 Å². The molecule has 3 aromatic carbocycles. The number of carboxylic acid groups (broad SMARTS) is 1. The van der Waals surface area contributed by atoms with Gasteiger partial charge in [0.05, 0.1) is 33.7 Å². The molecule has 212 valence electrons. The quantitative estimate of drug-likeness (QED) is 0.152. The average Bonchev–Trinajstić information content (AvgIpc) is 3.00. The van der Waals surface area contributed by atoms with E-state index < -0.39 is 23.0 Å². The van der Waals surface area contributed by atoms with Crippen molar-refractivity contribution in [1.82, 2.24) is 0 Å². The van der Waals surface area contributed by atoms with Gasteiger partial charge in [-0.25, -0.2) is 0 Å². The fourth-order valence-electron chi connectivity index (χ4n) is 4.59. The average molecular weight is 555 g/mol. The first-order valence-corrected chi connectivity index (χ1v) is 13.1. The molecule has 3 rings (SSSR count). The van der Waals surface area contributed by atoms with Crippen molar-refractivity contribution in [2.24, 2.45) is 5.41 Å². The Kier molecular flexibility index (Phi) is 11.0. The molecule has 0 aliphatic heterocycles. The van der Waals surface area contributed by atoms with Crippen LogP contribution < -0.4 is 9.47 Å². The Bertz CT molecular complexity index is 1300. The van der Waals surface area contributed by atoms with Gasteiger partial charge in [-0.1, -0.05) is 54.6 Å². The molecule has 0 saturated carbocycles. The van der Waals surface area contributed by atoms with Crippen LogP contribution in [-0.4, -0.2) is 44.5 Å². The third-order valence-electron chi connectivity index (χ3n) is 6.80. The van der Waals surface area contributed by atoms with E-state index in [0.717, 1.165) is 16.7 Å². The van der Waals surface area contributed by atoms with Gasteiger partial charge < -0.3 is 24.1 Å². The summed E-state index contributed by atoms with van der Waals surface area (Å²) in [6, 6.07) is 24.9. The van der Waals surface area contributed by atoms with Gasteiger partial charge in [0, 0.05) is 18.3 Å². The fraction of sp³-hybridized carbons (Fsp3) is 0.294. The summed E-state index contributed by atoms with van der Waals surface area (Å²) < 4.78 is 23.3. The van der Waals surface area contributed by atoms with E-state index >= 15 is 0 Å². The number of methoxy groups -OCH3 is 2. The summed E-state index contributed by atoms with van der Waals surface area (Å²) in [5, 5.41) is 8.93. The van der Waals surface area contributed by atoms with Gasteiger partial charge in [-0.15, -0.1) is 24.7 Å². The topological polar surface area (TPSA) is 91.3 Å². The first-order chi connectivity index (χ1) is 19.8. The van der Waals surface area contributed by atoms with Crippen LogP contribution in [0.2, 0.25) is 0 Å². The minimum Gasteiger partial charge on any atom is -0.497 e. The van der Waals surface area contributed by atoms with Gasteiger partial charge in [0.2, 0.25) is 0 Å². The van der Waals surface area contributed by atoms with Crippen molar-refractivity contribution in [2.75, 3.05) is 27.4 Å². The molecule has 0 saturated heterocycles. The Labute approximate surface area is 241 Å². The van der Waals surface area contributed by atoms with Gasteiger partial charge >= 0.3 is 11.9 Å². The summed E-state index contributed by atoms with van der Waals surface area (Å²) in [5.41, 5.74) is 0.444. The van der Waals surface area contributed by atoms with Gasteiger partial charge in [0.15, 0.2) is 0 Å². The van der Waals surface area contributed by atoms with Gasteiger partial charge in [0.1, 0.15) is 23.7 Å². The SMILES string of the molecule is C#CCC(CC#C)(COC(=O)CCC(=O)O)COC(c1ccccc1)(c1ccc(OC)cc1)c1ccc(OC)cc1. The highest BCUT2D eigenvalue weighted by Crippen LogP contribution is 2.43. The van der Waals surface area contributed by atoms with E-state index in [4.69, 9.17) is 36.9 Å². The molecule has 0 unspecified atom stereocenters. The smallest absolute Gasteiger partial charge is 0.306 e. The second-order valence-corrected chi connectivity index (χ2v) is 9.61. The number of rotatable bonds is 15. The first kappa shape index (κ1) is 30.8. The zero-order valence-electron chi connectivity index (χ0n) is 23.3. The van der Waals surface area contributed by atoms with E-state index in [9.17, 15) is 9.59 Å². The second-order valence-electron chi connectivity index (χ2n) is 9.61. The lowest BCUT2D eigenvalue weighted by atomic mass is 9.78. The lowest BCUT2D eigenvalue weighted by Gasteiger charge is -2.40. The summed E-state index contributed by atoms with van der Waals surface area (Å²) in [6.07, 6.45) is 11.3. The van der Waals surface area contributed by atoms with Crippen molar-refractivity contribution in [2.45, 2.75) is 31.3 Å². The molecule has 0 amide bonds. The maximum absolute atomic E-state index is 12.3. The molecule has 0 aliphatic rings. The number of hydrogen-bond acceptors (Lipinski definition) is 6. The van der Waals surface area contributed by atoms with Crippen molar-refractivity contribution < 1.29 is 33.6 Å². The monoisotopic (exact) mass is 554 g/mol. The molecule has 0 fully saturated rings. The lowest BCUT2D eigenvalue weighted by Crippen LogP contribution is -2.40. The van der Waals surface area contributed by atoms with E-state index in [1.807, 2.05) is 78.9 Å². The predicted octanol–water partition coefficient (Wildman–Crippen LogP) is 5.45. The van der Waals surface area contributed by atoms with Crippen LogP contribution in [0.25, 0.3) is 0 Å². The number of benzene rings is 3. The van der Waals surface area contributed by atoms with Gasteiger partial charge in [-0.05, 0) is 41.0 Å². The third-order valence-corrected chi connectivity index (χ3v) is 6.80. The molecule has 7 nitrogen and oxygen atoms in total. The summed E-state index contributed by atoms with van der Waals surface area (Å²) in [4.78, 5) is 23.2. The number of hydrogen-bond donors (Lipinski definition) is 1. The number of carbonyl (C=O) groups excluding carboxylic acids is 1. The Morgan fingerprint density at radius 3 is 1.66 bits per heavy atom. The molecule has 0 radical (unpaired) electrons. The number of carbonyl (C=O) groups is 2. The zero-order valence-corrected chi connectivity index (χ0v) is 23.3. The van der Waals surface area contributed by atoms with E-state index in [2.05, 4.69) is 11.8 Å². The molecule has 41 heavy (non-hydrogen) atoms. The van der Waals surface area contributed by atoms with Crippen LogP contribution in [0.4, 0.5) is 0 Å². The molecular weight excluding hydrogens is 520 g/mol. The van der Waals surface area contributed by atoms with Crippen molar-refractivity contribution in [3.05, 3.63) is 95.6 Å². The zero-order chi connectivity index (χ0) is 29.7. The number of ether oxygens (including phenoxy) is 4. The Balaban J connectivity index is 2.12. The minimum atomic E-state index is -1.12. The van der Waals surface area contributed by atoms with Gasteiger partial charge in [0.25, 0.3) is 0 Å². The fourth-order valence-corrected chi connectivity index (χ4v) is 4.59. The van der Waals surface area contributed by atoms with Crippen LogP contribution >= 0.6 is 0 Å². The Hall–Kier alpha value is -4.72. The molecule has 1 N–H and O–H groups in total. The first-order valence-electron chi connectivity index (χ1n) is 13.1. The maximum Gasteiger partial charge on any atom is 0.306 e. The highest BCUT2D eigenvalue weighted by molar-refractivity contribution is 5.76. The number of esters is 1. The van der Waals surface area contributed by atoms with Crippen LogP contribution in [0.1, 0.15) is 42.4 Å². The molecule has 3 aromatic rings. The molecule has 0 aromatic heterocycles. The molecule has 0 bridgehead atoms. The standard InChI is InChI=1S/C34H34O7/c1-5-22-33(23-6-2,24-40-32(37)21-20-31(35)36)25-41-34(26-10-8-7-9-11-26,27-12-16-29(38-3)17-13-27)28-14-18-30(39-4)19-15-28/h1-2,7-19H,20-25H2,3-4H3,(H,35,36). The Morgan fingerprint density at radius 2 is 1.22 bits per heavy atom. The van der Waals surface area contributed by atoms with Crippen LogP contribution in [0.5, 0.6) is 11.5 Å². The Morgan fingerprint density at radius 1 is 0.732 bits per heavy atom. The highest BCUT2D eigenvalue weighted by Gasteiger charge is 2.41.